The fraction of sp³-hybridized carbons (Fsp3) is 0.214. The van der Waals surface area contributed by atoms with Crippen molar-refractivity contribution in [3.8, 4) is 5.75 Å². The Morgan fingerprint density at radius 3 is 2.89 bits per heavy atom. The number of hydrogen-bond acceptors (Lipinski definition) is 5. The molecule has 0 bridgehead atoms. The van der Waals surface area contributed by atoms with E-state index in [1.807, 2.05) is 6.92 Å². The van der Waals surface area contributed by atoms with E-state index in [9.17, 15) is 9.90 Å². The molecule has 1 heterocycles. The molecule has 0 unspecified atom stereocenters. The lowest BCUT2D eigenvalue weighted by molar-refractivity contribution is 0.0563. The smallest absolute Gasteiger partial charge is 0.374 e. The number of benzene rings is 1. The number of aromatic hydroxyl groups is 1. The molecule has 0 spiro atoms. The molecular weight excluding hydrogens is 246 g/mol. The summed E-state index contributed by atoms with van der Waals surface area (Å²) in [5.74, 6) is -0.0720. The average molecular weight is 261 g/mol. The summed E-state index contributed by atoms with van der Waals surface area (Å²) in [5, 5.41) is 12.5. The minimum Gasteiger partial charge on any atom is -0.508 e. The maximum absolute atomic E-state index is 11.4. The third-order valence-electron chi connectivity index (χ3n) is 2.80. The van der Waals surface area contributed by atoms with Crippen LogP contribution in [0.3, 0.4) is 0 Å². The van der Waals surface area contributed by atoms with Crippen LogP contribution in [0.15, 0.2) is 34.9 Å². The number of nitrogens with one attached hydrogen (secondary N) is 1. The number of hydrogen-bond donors (Lipinski definition) is 2. The number of esters is 1. The predicted octanol–water partition coefficient (Wildman–Crippen LogP) is 2.69. The maximum atomic E-state index is 11.4. The number of anilines is 1. The van der Waals surface area contributed by atoms with E-state index in [1.165, 1.54) is 13.4 Å². The Morgan fingerprint density at radius 1 is 1.42 bits per heavy atom. The summed E-state index contributed by atoms with van der Waals surface area (Å²) in [6.07, 6.45) is 1.45. The molecule has 2 N–H and O–H groups in total. The number of carbonyl (C=O) groups excluding carboxylic acids is 1. The lowest BCUT2D eigenvalue weighted by atomic mass is 10.1. The van der Waals surface area contributed by atoms with Crippen molar-refractivity contribution in [1.82, 2.24) is 0 Å². The Kier molecular flexibility index (Phi) is 3.75. The van der Waals surface area contributed by atoms with Crippen LogP contribution >= 0.6 is 0 Å². The average Bonchev–Trinajstić information content (AvgIpc) is 2.85. The van der Waals surface area contributed by atoms with E-state index < -0.39 is 5.97 Å². The Labute approximate surface area is 110 Å². The van der Waals surface area contributed by atoms with Crippen molar-refractivity contribution in [3.63, 3.8) is 0 Å². The third kappa shape index (κ3) is 2.88. The first-order valence-electron chi connectivity index (χ1n) is 5.80. The summed E-state index contributed by atoms with van der Waals surface area (Å²) >= 11 is 0. The van der Waals surface area contributed by atoms with Gasteiger partial charge in [-0.15, -0.1) is 0 Å². The standard InChI is InChI=1S/C14H15NO4/c1-9-7-11(16)3-4-12(9)15-8-10-5-6-19-13(10)14(17)18-2/h3-7,15-16H,8H2,1-2H3. The number of carbonyl (C=O) groups is 1. The van der Waals surface area contributed by atoms with Crippen molar-refractivity contribution in [2.75, 3.05) is 12.4 Å². The van der Waals surface area contributed by atoms with Crippen molar-refractivity contribution in [1.29, 1.82) is 0 Å². The molecular formula is C14H15NO4. The van der Waals surface area contributed by atoms with E-state index in [0.717, 1.165) is 16.8 Å². The summed E-state index contributed by atoms with van der Waals surface area (Å²) in [6, 6.07) is 6.77. The Balaban J connectivity index is 2.10. The maximum Gasteiger partial charge on any atom is 0.374 e. The van der Waals surface area contributed by atoms with Gasteiger partial charge in [-0.25, -0.2) is 4.79 Å². The van der Waals surface area contributed by atoms with Gasteiger partial charge in [0, 0.05) is 17.8 Å². The number of ether oxygens (including phenoxy) is 1. The van der Waals surface area contributed by atoms with Crippen LogP contribution in [-0.2, 0) is 11.3 Å². The first-order valence-corrected chi connectivity index (χ1v) is 5.80. The Hall–Kier alpha value is -2.43. The summed E-state index contributed by atoms with van der Waals surface area (Å²) in [4.78, 5) is 11.4. The molecule has 2 rings (SSSR count). The quantitative estimate of drug-likeness (QED) is 0.654. The monoisotopic (exact) mass is 261 g/mol. The highest BCUT2D eigenvalue weighted by Gasteiger charge is 2.15. The minimum atomic E-state index is -0.496. The highest BCUT2D eigenvalue weighted by Crippen LogP contribution is 2.21. The SMILES string of the molecule is COC(=O)c1occc1CNc1ccc(O)cc1C. The molecule has 0 atom stereocenters. The van der Waals surface area contributed by atoms with Crippen LogP contribution in [0, 0.1) is 6.92 Å². The van der Waals surface area contributed by atoms with E-state index in [4.69, 9.17) is 4.42 Å². The predicted molar refractivity (Wildman–Crippen MR) is 70.2 cm³/mol. The summed E-state index contributed by atoms with van der Waals surface area (Å²) < 4.78 is 9.73. The topological polar surface area (TPSA) is 71.7 Å². The first-order chi connectivity index (χ1) is 9.11. The zero-order valence-corrected chi connectivity index (χ0v) is 10.8. The number of rotatable bonds is 4. The van der Waals surface area contributed by atoms with Gasteiger partial charge in [-0.2, -0.15) is 0 Å². The molecule has 0 aliphatic rings. The zero-order valence-electron chi connectivity index (χ0n) is 10.8. The molecule has 19 heavy (non-hydrogen) atoms. The molecule has 0 saturated heterocycles. The number of phenols is 1. The molecule has 1 aromatic carbocycles. The molecule has 0 saturated carbocycles. The number of methoxy groups -OCH3 is 1. The fourth-order valence-corrected chi connectivity index (χ4v) is 1.78. The highest BCUT2D eigenvalue weighted by atomic mass is 16.5. The molecule has 0 radical (unpaired) electrons. The third-order valence-corrected chi connectivity index (χ3v) is 2.80. The second-order valence-electron chi connectivity index (χ2n) is 4.12. The molecule has 2 aromatic rings. The molecule has 1 aromatic heterocycles. The van der Waals surface area contributed by atoms with Gasteiger partial charge in [-0.3, -0.25) is 0 Å². The van der Waals surface area contributed by atoms with Gasteiger partial charge in [0.2, 0.25) is 5.76 Å². The molecule has 5 nitrogen and oxygen atoms in total. The number of aryl methyl sites for hydroxylation is 1. The van der Waals surface area contributed by atoms with E-state index in [-0.39, 0.29) is 11.5 Å². The van der Waals surface area contributed by atoms with Crippen LogP contribution in [0.1, 0.15) is 21.7 Å². The van der Waals surface area contributed by atoms with Crippen molar-refractivity contribution in [2.24, 2.45) is 0 Å². The van der Waals surface area contributed by atoms with Crippen LogP contribution in [-0.4, -0.2) is 18.2 Å². The van der Waals surface area contributed by atoms with E-state index in [1.54, 1.807) is 24.3 Å². The van der Waals surface area contributed by atoms with Gasteiger partial charge in [0.25, 0.3) is 0 Å². The van der Waals surface area contributed by atoms with Crippen LogP contribution in [0.4, 0.5) is 5.69 Å². The van der Waals surface area contributed by atoms with Gasteiger partial charge in [0.1, 0.15) is 5.75 Å². The molecule has 0 aliphatic heterocycles. The fourth-order valence-electron chi connectivity index (χ4n) is 1.78. The summed E-state index contributed by atoms with van der Waals surface area (Å²) in [6.45, 7) is 2.32. The molecule has 0 amide bonds. The van der Waals surface area contributed by atoms with Crippen LogP contribution in [0.2, 0.25) is 0 Å². The zero-order chi connectivity index (χ0) is 13.8. The van der Waals surface area contributed by atoms with E-state index in [0.29, 0.717) is 6.54 Å². The molecule has 0 fully saturated rings. The largest absolute Gasteiger partial charge is 0.508 e. The molecule has 100 valence electrons. The highest BCUT2D eigenvalue weighted by molar-refractivity contribution is 5.87. The second-order valence-corrected chi connectivity index (χ2v) is 4.12. The van der Waals surface area contributed by atoms with Crippen molar-refractivity contribution < 1.29 is 19.1 Å². The summed E-state index contributed by atoms with van der Waals surface area (Å²) in [5.41, 5.74) is 2.53. The van der Waals surface area contributed by atoms with E-state index in [2.05, 4.69) is 10.1 Å². The lowest BCUT2D eigenvalue weighted by Gasteiger charge is -2.09. The molecule has 0 aliphatic carbocycles. The van der Waals surface area contributed by atoms with Gasteiger partial charge in [0.15, 0.2) is 0 Å². The van der Waals surface area contributed by atoms with Gasteiger partial charge >= 0.3 is 5.97 Å². The van der Waals surface area contributed by atoms with Gasteiger partial charge in [0.05, 0.1) is 13.4 Å². The molecule has 5 heteroatoms. The van der Waals surface area contributed by atoms with Gasteiger partial charge < -0.3 is 19.6 Å². The Morgan fingerprint density at radius 2 is 2.21 bits per heavy atom. The Bertz CT molecular complexity index is 589. The van der Waals surface area contributed by atoms with Crippen molar-refractivity contribution in [2.45, 2.75) is 13.5 Å². The minimum absolute atomic E-state index is 0.200. The van der Waals surface area contributed by atoms with Gasteiger partial charge in [-0.05, 0) is 36.8 Å². The second kappa shape index (κ2) is 5.48. The van der Waals surface area contributed by atoms with E-state index >= 15 is 0 Å². The number of phenolic OH excluding ortho intramolecular Hbond substituents is 1. The number of furan rings is 1. The van der Waals surface area contributed by atoms with Crippen molar-refractivity contribution >= 4 is 11.7 Å². The van der Waals surface area contributed by atoms with Crippen LogP contribution in [0.25, 0.3) is 0 Å². The lowest BCUT2D eigenvalue weighted by Crippen LogP contribution is -2.07. The first kappa shape index (κ1) is 13.0. The van der Waals surface area contributed by atoms with Crippen LogP contribution < -0.4 is 5.32 Å². The van der Waals surface area contributed by atoms with Gasteiger partial charge in [-0.1, -0.05) is 0 Å². The normalized spacial score (nSPS) is 10.2. The summed E-state index contributed by atoms with van der Waals surface area (Å²) in [7, 11) is 1.31. The van der Waals surface area contributed by atoms with Crippen LogP contribution in [0.5, 0.6) is 5.75 Å². The van der Waals surface area contributed by atoms with Crippen molar-refractivity contribution in [3.05, 3.63) is 47.4 Å².